The minimum absolute atomic E-state index is 0.326. The molecule has 134 valence electrons. The molecular formula is C22H29NO2. The molecule has 2 rings (SSSR count). The summed E-state index contributed by atoms with van der Waals surface area (Å²) in [5.41, 5.74) is 6.06. The number of ether oxygens (including phenoxy) is 1. The van der Waals surface area contributed by atoms with Crippen molar-refractivity contribution in [2.75, 3.05) is 18.6 Å². The molecule has 0 fully saturated rings. The molecule has 1 aliphatic rings. The van der Waals surface area contributed by atoms with Crippen LogP contribution in [0.15, 0.2) is 47.6 Å². The van der Waals surface area contributed by atoms with E-state index in [0.717, 1.165) is 24.1 Å². The van der Waals surface area contributed by atoms with Crippen LogP contribution in [-0.2, 0) is 16.0 Å². The summed E-state index contributed by atoms with van der Waals surface area (Å²) < 4.78 is 4.63. The van der Waals surface area contributed by atoms with Gasteiger partial charge in [-0.2, -0.15) is 0 Å². The van der Waals surface area contributed by atoms with Gasteiger partial charge in [0.15, 0.2) is 0 Å². The Morgan fingerprint density at radius 3 is 2.60 bits per heavy atom. The number of benzene rings is 1. The van der Waals surface area contributed by atoms with Crippen molar-refractivity contribution in [1.29, 1.82) is 0 Å². The number of esters is 1. The largest absolute Gasteiger partial charge is 0.466 e. The number of nitrogens with zero attached hydrogens (tertiary/aromatic N) is 1. The summed E-state index contributed by atoms with van der Waals surface area (Å²) in [5, 5.41) is 0. The number of allylic oxidation sites excluding steroid dienone is 4. The summed E-state index contributed by atoms with van der Waals surface area (Å²) in [6.07, 6.45) is 9.99. The van der Waals surface area contributed by atoms with Crippen molar-refractivity contribution in [1.82, 2.24) is 0 Å². The smallest absolute Gasteiger partial charge is 0.330 e. The molecule has 0 unspecified atom stereocenters. The molecular weight excluding hydrogens is 310 g/mol. The number of methoxy groups -OCH3 is 1. The van der Waals surface area contributed by atoms with E-state index in [4.69, 9.17) is 0 Å². The van der Waals surface area contributed by atoms with Crippen LogP contribution < -0.4 is 4.90 Å². The predicted octanol–water partition coefficient (Wildman–Crippen LogP) is 4.93. The van der Waals surface area contributed by atoms with E-state index < -0.39 is 0 Å². The minimum atomic E-state index is -0.326. The normalized spacial score (nSPS) is 15.7. The minimum Gasteiger partial charge on any atom is -0.466 e. The third-order valence-electron chi connectivity index (χ3n) is 4.43. The molecule has 3 nitrogen and oxygen atoms in total. The molecule has 1 heterocycles. The second-order valence-electron chi connectivity index (χ2n) is 6.91. The Morgan fingerprint density at radius 1 is 1.20 bits per heavy atom. The van der Waals surface area contributed by atoms with E-state index in [0.29, 0.717) is 6.04 Å². The Kier molecular flexibility index (Phi) is 6.63. The quantitative estimate of drug-likeness (QED) is 0.433. The maximum Gasteiger partial charge on any atom is 0.330 e. The van der Waals surface area contributed by atoms with Crippen molar-refractivity contribution in [3.05, 3.63) is 58.7 Å². The third kappa shape index (κ3) is 5.35. The number of fused-ring (bicyclic) bond motifs is 1. The highest BCUT2D eigenvalue weighted by Gasteiger charge is 2.18. The molecule has 0 saturated heterocycles. The molecule has 0 bridgehead atoms. The zero-order valence-corrected chi connectivity index (χ0v) is 16.0. The van der Waals surface area contributed by atoms with Crippen LogP contribution in [-0.4, -0.2) is 25.7 Å². The molecule has 25 heavy (non-hydrogen) atoms. The van der Waals surface area contributed by atoms with Gasteiger partial charge in [-0.25, -0.2) is 4.79 Å². The van der Waals surface area contributed by atoms with E-state index in [2.05, 4.69) is 54.7 Å². The Hall–Kier alpha value is -2.29. The fourth-order valence-electron chi connectivity index (χ4n) is 3.14. The van der Waals surface area contributed by atoms with E-state index in [9.17, 15) is 4.79 Å². The highest BCUT2D eigenvalue weighted by atomic mass is 16.5. The van der Waals surface area contributed by atoms with Gasteiger partial charge in [0.1, 0.15) is 0 Å². The van der Waals surface area contributed by atoms with Gasteiger partial charge in [0, 0.05) is 24.4 Å². The summed E-state index contributed by atoms with van der Waals surface area (Å²) in [6, 6.07) is 7.28. The highest BCUT2D eigenvalue weighted by molar-refractivity contribution is 5.83. The number of rotatable bonds is 5. The molecule has 0 N–H and O–H groups in total. The fraction of sp³-hybridized carbons (Fsp3) is 0.409. The molecule has 1 aromatic rings. The first-order valence-electron chi connectivity index (χ1n) is 8.93. The molecule has 3 heteroatoms. The lowest BCUT2D eigenvalue weighted by Gasteiger charge is -2.34. The van der Waals surface area contributed by atoms with Crippen LogP contribution in [0.2, 0.25) is 0 Å². The number of carbonyl (C=O) groups excluding carboxylic acids is 1. The zero-order valence-electron chi connectivity index (χ0n) is 16.0. The van der Waals surface area contributed by atoms with Crippen molar-refractivity contribution in [2.45, 2.75) is 46.6 Å². The van der Waals surface area contributed by atoms with Crippen LogP contribution in [0.3, 0.4) is 0 Å². The van der Waals surface area contributed by atoms with Crippen LogP contribution in [0.4, 0.5) is 5.69 Å². The Labute approximate surface area is 151 Å². The summed E-state index contributed by atoms with van der Waals surface area (Å²) >= 11 is 0. The first-order chi connectivity index (χ1) is 11.9. The molecule has 0 aliphatic carbocycles. The lowest BCUT2D eigenvalue weighted by molar-refractivity contribution is -0.134. The Morgan fingerprint density at radius 2 is 1.92 bits per heavy atom. The lowest BCUT2D eigenvalue weighted by Crippen LogP contribution is -2.35. The molecule has 0 saturated carbocycles. The van der Waals surface area contributed by atoms with Gasteiger partial charge in [-0.3, -0.25) is 0 Å². The van der Waals surface area contributed by atoms with Gasteiger partial charge in [-0.05, 0) is 69.4 Å². The van der Waals surface area contributed by atoms with Crippen molar-refractivity contribution >= 4 is 17.7 Å². The number of aryl methyl sites for hydroxylation is 1. The maximum absolute atomic E-state index is 11.2. The van der Waals surface area contributed by atoms with E-state index in [1.165, 1.54) is 36.4 Å². The first-order valence-corrected chi connectivity index (χ1v) is 8.93. The van der Waals surface area contributed by atoms with Crippen molar-refractivity contribution in [3.8, 4) is 0 Å². The molecule has 1 aliphatic heterocycles. The number of hydrogen-bond donors (Lipinski definition) is 0. The van der Waals surface area contributed by atoms with E-state index >= 15 is 0 Å². The molecule has 0 aromatic heterocycles. The second kappa shape index (κ2) is 8.70. The number of hydrogen-bond acceptors (Lipinski definition) is 3. The SMILES string of the molecule is COC(=O)C=C(C)C=CC(C)=Cc1ccc2c(c1)CCCN2C(C)C. The zero-order chi connectivity index (χ0) is 18.4. The second-order valence-corrected chi connectivity index (χ2v) is 6.91. The Bertz CT molecular complexity index is 711. The Balaban J connectivity index is 2.15. The van der Waals surface area contributed by atoms with Crippen LogP contribution in [0.5, 0.6) is 0 Å². The molecule has 0 spiro atoms. The standard InChI is InChI=1S/C22H29NO2/c1-16(2)23-12-6-7-20-15-19(10-11-21(20)23)13-17(3)8-9-18(4)14-22(24)25-5/h8-11,13-16H,6-7,12H2,1-5H3. The van der Waals surface area contributed by atoms with Crippen molar-refractivity contribution in [2.24, 2.45) is 0 Å². The summed E-state index contributed by atoms with van der Waals surface area (Å²) in [5.74, 6) is -0.326. The van der Waals surface area contributed by atoms with Crippen molar-refractivity contribution < 1.29 is 9.53 Å². The maximum atomic E-state index is 11.2. The third-order valence-corrected chi connectivity index (χ3v) is 4.43. The van der Waals surface area contributed by atoms with Crippen LogP contribution in [0.25, 0.3) is 6.08 Å². The van der Waals surface area contributed by atoms with Crippen molar-refractivity contribution in [3.63, 3.8) is 0 Å². The van der Waals surface area contributed by atoms with E-state index in [-0.39, 0.29) is 5.97 Å². The molecule has 0 radical (unpaired) electrons. The topological polar surface area (TPSA) is 29.5 Å². The molecule has 0 amide bonds. The first kappa shape index (κ1) is 19.0. The summed E-state index contributed by atoms with van der Waals surface area (Å²) in [6.45, 7) is 9.61. The molecule has 1 aromatic carbocycles. The highest BCUT2D eigenvalue weighted by Crippen LogP contribution is 2.30. The van der Waals surface area contributed by atoms with Crippen LogP contribution in [0.1, 0.15) is 45.2 Å². The van der Waals surface area contributed by atoms with E-state index in [1.54, 1.807) is 0 Å². The van der Waals surface area contributed by atoms with Gasteiger partial charge >= 0.3 is 5.97 Å². The average molecular weight is 339 g/mol. The average Bonchev–Trinajstić information content (AvgIpc) is 2.59. The summed E-state index contributed by atoms with van der Waals surface area (Å²) in [7, 11) is 1.39. The lowest BCUT2D eigenvalue weighted by atomic mass is 9.97. The van der Waals surface area contributed by atoms with E-state index in [1.807, 2.05) is 19.1 Å². The summed E-state index contributed by atoms with van der Waals surface area (Å²) in [4.78, 5) is 13.7. The van der Waals surface area contributed by atoms with Gasteiger partial charge in [0.2, 0.25) is 0 Å². The fourth-order valence-corrected chi connectivity index (χ4v) is 3.14. The van der Waals surface area contributed by atoms with Gasteiger partial charge in [0.05, 0.1) is 7.11 Å². The van der Waals surface area contributed by atoms with Gasteiger partial charge in [-0.15, -0.1) is 0 Å². The monoisotopic (exact) mass is 339 g/mol. The molecule has 0 atom stereocenters. The van der Waals surface area contributed by atoms with Crippen LogP contribution >= 0.6 is 0 Å². The van der Waals surface area contributed by atoms with Gasteiger partial charge in [-0.1, -0.05) is 29.9 Å². The number of anilines is 1. The van der Waals surface area contributed by atoms with Crippen LogP contribution in [0, 0.1) is 0 Å². The number of carbonyl (C=O) groups is 1. The van der Waals surface area contributed by atoms with Gasteiger partial charge < -0.3 is 9.64 Å². The van der Waals surface area contributed by atoms with Gasteiger partial charge in [0.25, 0.3) is 0 Å². The predicted molar refractivity (Wildman–Crippen MR) is 106 cm³/mol.